The number of carbonyl (C=O) groups is 2. The number of rotatable bonds is 5. The largest absolute Gasteiger partial charge is 0.496 e. The van der Waals surface area contributed by atoms with Gasteiger partial charge in [-0.3, -0.25) is 9.59 Å². The zero-order valence-electron chi connectivity index (χ0n) is 13.4. The second kappa shape index (κ2) is 7.45. The van der Waals surface area contributed by atoms with E-state index in [0.29, 0.717) is 16.9 Å². The Morgan fingerprint density at radius 3 is 2.35 bits per heavy atom. The number of methoxy groups -OCH3 is 1. The summed E-state index contributed by atoms with van der Waals surface area (Å²) in [6.45, 7) is 1.83. The SMILES string of the molecule is CNC(=O)C(NC(=O)c1c(C)cccc1OC)c1ccccc1. The first-order valence-corrected chi connectivity index (χ1v) is 7.29. The predicted octanol–water partition coefficient (Wildman–Crippen LogP) is 2.22. The zero-order chi connectivity index (χ0) is 16.8. The highest BCUT2D eigenvalue weighted by Crippen LogP contribution is 2.23. The van der Waals surface area contributed by atoms with E-state index in [4.69, 9.17) is 4.74 Å². The van der Waals surface area contributed by atoms with E-state index in [-0.39, 0.29) is 11.8 Å². The summed E-state index contributed by atoms with van der Waals surface area (Å²) in [4.78, 5) is 24.8. The number of nitrogens with one attached hydrogen (secondary N) is 2. The summed E-state index contributed by atoms with van der Waals surface area (Å²) in [6, 6.07) is 13.7. The lowest BCUT2D eigenvalue weighted by Crippen LogP contribution is -2.39. The number of hydrogen-bond acceptors (Lipinski definition) is 3. The van der Waals surface area contributed by atoms with Gasteiger partial charge >= 0.3 is 0 Å². The van der Waals surface area contributed by atoms with Gasteiger partial charge in [0.05, 0.1) is 12.7 Å². The zero-order valence-corrected chi connectivity index (χ0v) is 13.4. The molecule has 1 atom stereocenters. The van der Waals surface area contributed by atoms with Crippen LogP contribution in [0.3, 0.4) is 0 Å². The van der Waals surface area contributed by atoms with E-state index < -0.39 is 6.04 Å². The molecular formula is C18H20N2O3. The van der Waals surface area contributed by atoms with Gasteiger partial charge in [-0.2, -0.15) is 0 Å². The predicted molar refractivity (Wildman–Crippen MR) is 88.4 cm³/mol. The molecule has 0 heterocycles. The average molecular weight is 312 g/mol. The summed E-state index contributed by atoms with van der Waals surface area (Å²) in [5.74, 6) is -0.152. The van der Waals surface area contributed by atoms with Crippen molar-refractivity contribution in [2.45, 2.75) is 13.0 Å². The number of amides is 2. The number of carbonyl (C=O) groups excluding carboxylic acids is 2. The van der Waals surface area contributed by atoms with E-state index in [1.807, 2.05) is 37.3 Å². The van der Waals surface area contributed by atoms with Crippen LogP contribution < -0.4 is 15.4 Å². The van der Waals surface area contributed by atoms with Crippen molar-refractivity contribution in [3.8, 4) is 5.75 Å². The third-order valence-electron chi connectivity index (χ3n) is 3.60. The molecule has 0 spiro atoms. The lowest BCUT2D eigenvalue weighted by molar-refractivity contribution is -0.122. The van der Waals surface area contributed by atoms with Crippen LogP contribution in [-0.4, -0.2) is 26.0 Å². The minimum absolute atomic E-state index is 0.280. The molecule has 0 aromatic heterocycles. The highest BCUT2D eigenvalue weighted by atomic mass is 16.5. The fraction of sp³-hybridized carbons (Fsp3) is 0.222. The van der Waals surface area contributed by atoms with E-state index in [0.717, 1.165) is 5.56 Å². The van der Waals surface area contributed by atoms with Gasteiger partial charge in [0.1, 0.15) is 11.8 Å². The fourth-order valence-corrected chi connectivity index (χ4v) is 2.40. The molecule has 0 saturated heterocycles. The van der Waals surface area contributed by atoms with Gasteiger partial charge in [0.25, 0.3) is 5.91 Å². The normalized spacial score (nSPS) is 11.4. The second-order valence-electron chi connectivity index (χ2n) is 5.08. The maximum Gasteiger partial charge on any atom is 0.256 e. The van der Waals surface area contributed by atoms with Crippen molar-refractivity contribution >= 4 is 11.8 Å². The molecule has 1 unspecified atom stereocenters. The van der Waals surface area contributed by atoms with Gasteiger partial charge in [0, 0.05) is 7.05 Å². The van der Waals surface area contributed by atoms with Crippen LogP contribution in [0.1, 0.15) is 27.5 Å². The smallest absolute Gasteiger partial charge is 0.256 e. The molecule has 0 bridgehead atoms. The Hall–Kier alpha value is -2.82. The molecule has 0 aliphatic carbocycles. The first-order valence-electron chi connectivity index (χ1n) is 7.29. The molecule has 120 valence electrons. The Morgan fingerprint density at radius 2 is 1.74 bits per heavy atom. The Balaban J connectivity index is 2.34. The molecule has 2 aromatic rings. The van der Waals surface area contributed by atoms with Crippen molar-refractivity contribution in [3.05, 3.63) is 65.2 Å². The first-order chi connectivity index (χ1) is 11.1. The summed E-state index contributed by atoms with van der Waals surface area (Å²) in [5, 5.41) is 5.36. The molecular weight excluding hydrogens is 292 g/mol. The molecule has 0 aliphatic heterocycles. The van der Waals surface area contributed by atoms with Crippen molar-refractivity contribution in [2.24, 2.45) is 0 Å². The molecule has 0 radical (unpaired) electrons. The molecule has 2 aromatic carbocycles. The minimum Gasteiger partial charge on any atom is -0.496 e. The van der Waals surface area contributed by atoms with Crippen LogP contribution in [-0.2, 0) is 4.79 Å². The van der Waals surface area contributed by atoms with Crippen LogP contribution in [0.5, 0.6) is 5.75 Å². The van der Waals surface area contributed by atoms with Crippen molar-refractivity contribution in [3.63, 3.8) is 0 Å². The minimum atomic E-state index is -0.766. The van der Waals surface area contributed by atoms with Gasteiger partial charge < -0.3 is 15.4 Å². The van der Waals surface area contributed by atoms with Crippen LogP contribution >= 0.6 is 0 Å². The molecule has 0 fully saturated rings. The van der Waals surface area contributed by atoms with Gasteiger partial charge in [0.2, 0.25) is 5.91 Å². The first kappa shape index (κ1) is 16.5. The van der Waals surface area contributed by atoms with Gasteiger partial charge in [-0.25, -0.2) is 0 Å². The summed E-state index contributed by atoms with van der Waals surface area (Å²) in [6.07, 6.45) is 0. The molecule has 0 saturated carbocycles. The Kier molecular flexibility index (Phi) is 5.36. The molecule has 0 aliphatic rings. The Labute approximate surface area is 135 Å². The highest BCUT2D eigenvalue weighted by Gasteiger charge is 2.24. The monoisotopic (exact) mass is 312 g/mol. The van der Waals surface area contributed by atoms with Gasteiger partial charge in [-0.15, -0.1) is 0 Å². The fourth-order valence-electron chi connectivity index (χ4n) is 2.40. The van der Waals surface area contributed by atoms with Crippen LogP contribution in [0.25, 0.3) is 0 Å². The van der Waals surface area contributed by atoms with Crippen molar-refractivity contribution in [2.75, 3.05) is 14.2 Å². The number of ether oxygens (including phenoxy) is 1. The molecule has 2 N–H and O–H groups in total. The lowest BCUT2D eigenvalue weighted by Gasteiger charge is -2.19. The van der Waals surface area contributed by atoms with Crippen LogP contribution in [0.15, 0.2) is 48.5 Å². The highest BCUT2D eigenvalue weighted by molar-refractivity contribution is 6.01. The third-order valence-corrected chi connectivity index (χ3v) is 3.60. The summed E-state index contributed by atoms with van der Waals surface area (Å²) >= 11 is 0. The number of hydrogen-bond donors (Lipinski definition) is 2. The van der Waals surface area contributed by atoms with Gasteiger partial charge in [-0.05, 0) is 24.1 Å². The Morgan fingerprint density at radius 1 is 1.04 bits per heavy atom. The van der Waals surface area contributed by atoms with E-state index in [9.17, 15) is 9.59 Å². The summed E-state index contributed by atoms with van der Waals surface area (Å²) < 4.78 is 5.26. The van der Waals surface area contributed by atoms with Crippen LogP contribution in [0.4, 0.5) is 0 Å². The summed E-state index contributed by atoms with van der Waals surface area (Å²) in [7, 11) is 3.05. The lowest BCUT2D eigenvalue weighted by atomic mass is 10.0. The van der Waals surface area contributed by atoms with E-state index >= 15 is 0 Å². The molecule has 2 amide bonds. The maximum absolute atomic E-state index is 12.7. The van der Waals surface area contributed by atoms with Crippen molar-refractivity contribution in [1.29, 1.82) is 0 Å². The van der Waals surface area contributed by atoms with E-state index in [1.54, 1.807) is 25.2 Å². The van der Waals surface area contributed by atoms with Gasteiger partial charge in [0.15, 0.2) is 0 Å². The van der Waals surface area contributed by atoms with Crippen LogP contribution in [0, 0.1) is 6.92 Å². The van der Waals surface area contributed by atoms with Crippen LogP contribution in [0.2, 0.25) is 0 Å². The Bertz CT molecular complexity index is 699. The molecule has 5 heteroatoms. The average Bonchev–Trinajstić information content (AvgIpc) is 2.59. The van der Waals surface area contributed by atoms with Gasteiger partial charge in [-0.1, -0.05) is 42.5 Å². The molecule has 2 rings (SSSR count). The number of likely N-dealkylation sites (N-methyl/N-ethyl adjacent to an activating group) is 1. The standard InChI is InChI=1S/C18H20N2O3/c1-12-8-7-11-14(23-3)15(12)17(21)20-16(18(22)19-2)13-9-5-4-6-10-13/h4-11,16H,1-3H3,(H,19,22)(H,20,21). The quantitative estimate of drug-likeness (QED) is 0.889. The summed E-state index contributed by atoms with van der Waals surface area (Å²) in [5.41, 5.74) is 1.93. The number of benzene rings is 2. The molecule has 23 heavy (non-hydrogen) atoms. The van der Waals surface area contributed by atoms with E-state index in [2.05, 4.69) is 10.6 Å². The third kappa shape index (κ3) is 3.69. The van der Waals surface area contributed by atoms with E-state index in [1.165, 1.54) is 7.11 Å². The van der Waals surface area contributed by atoms with Crippen molar-refractivity contribution in [1.82, 2.24) is 10.6 Å². The topological polar surface area (TPSA) is 67.4 Å². The molecule has 5 nitrogen and oxygen atoms in total. The number of aryl methyl sites for hydroxylation is 1. The second-order valence-corrected chi connectivity index (χ2v) is 5.08. The maximum atomic E-state index is 12.7. The van der Waals surface area contributed by atoms with Crippen molar-refractivity contribution < 1.29 is 14.3 Å².